The third-order valence-corrected chi connectivity index (χ3v) is 5.01. The number of thiophene rings is 1. The molecule has 3 rings (SSSR count). The molecule has 1 aliphatic rings. The highest BCUT2D eigenvalue weighted by molar-refractivity contribution is 7.16. The summed E-state index contributed by atoms with van der Waals surface area (Å²) >= 11 is 1.38. The molecule has 0 saturated heterocycles. The second-order valence-electron chi connectivity index (χ2n) is 5.33. The number of fused-ring (bicyclic) bond motifs is 1. The van der Waals surface area contributed by atoms with E-state index in [0.717, 1.165) is 10.4 Å². The van der Waals surface area contributed by atoms with Crippen molar-refractivity contribution < 1.29 is 9.59 Å². The number of carbonyl (C=O) groups excluding carboxylic acids is 2. The van der Waals surface area contributed by atoms with Gasteiger partial charge in [-0.05, 0) is 24.1 Å². The Balaban J connectivity index is 1.88. The van der Waals surface area contributed by atoms with Gasteiger partial charge >= 0.3 is 0 Å². The van der Waals surface area contributed by atoms with Gasteiger partial charge in [0.25, 0.3) is 5.91 Å². The van der Waals surface area contributed by atoms with Gasteiger partial charge in [0, 0.05) is 23.9 Å². The smallest absolute Gasteiger partial charge is 0.256 e. The lowest BCUT2D eigenvalue weighted by Gasteiger charge is -2.25. The van der Waals surface area contributed by atoms with Gasteiger partial charge in [0.15, 0.2) is 0 Å². The minimum Gasteiger partial charge on any atom is -0.337 e. The van der Waals surface area contributed by atoms with Crippen LogP contribution in [-0.2, 0) is 17.8 Å². The molecule has 6 heteroatoms. The Morgan fingerprint density at radius 3 is 2.70 bits per heavy atom. The predicted octanol–water partition coefficient (Wildman–Crippen LogP) is 2.78. The van der Waals surface area contributed by atoms with Crippen molar-refractivity contribution in [3.05, 3.63) is 51.9 Å². The monoisotopic (exact) mass is 325 g/mol. The van der Waals surface area contributed by atoms with E-state index in [-0.39, 0.29) is 11.8 Å². The SMILES string of the molecule is CC(=O)N1CCc2c(sc(NC(=O)c3ccccc3)c2C#N)C1. The Morgan fingerprint density at radius 2 is 2.04 bits per heavy atom. The molecule has 0 spiro atoms. The second-order valence-corrected chi connectivity index (χ2v) is 6.44. The van der Waals surface area contributed by atoms with Crippen LogP contribution in [0.4, 0.5) is 5.00 Å². The van der Waals surface area contributed by atoms with Crippen LogP contribution in [0.2, 0.25) is 0 Å². The fourth-order valence-electron chi connectivity index (χ4n) is 2.64. The van der Waals surface area contributed by atoms with E-state index in [2.05, 4.69) is 11.4 Å². The zero-order chi connectivity index (χ0) is 16.4. The van der Waals surface area contributed by atoms with E-state index in [0.29, 0.717) is 35.6 Å². The summed E-state index contributed by atoms with van der Waals surface area (Å²) in [5.41, 5.74) is 2.03. The van der Waals surface area contributed by atoms with Crippen LogP contribution in [0.1, 0.15) is 33.3 Å². The second kappa shape index (κ2) is 6.23. The summed E-state index contributed by atoms with van der Waals surface area (Å²) in [6.07, 6.45) is 0.648. The summed E-state index contributed by atoms with van der Waals surface area (Å²) in [4.78, 5) is 26.5. The first-order valence-corrected chi connectivity index (χ1v) is 8.08. The van der Waals surface area contributed by atoms with Crippen LogP contribution in [0.15, 0.2) is 30.3 Å². The van der Waals surface area contributed by atoms with Crippen molar-refractivity contribution in [2.45, 2.75) is 19.9 Å². The highest BCUT2D eigenvalue weighted by atomic mass is 32.1. The maximum atomic E-state index is 12.3. The zero-order valence-electron chi connectivity index (χ0n) is 12.6. The Bertz CT molecular complexity index is 805. The highest BCUT2D eigenvalue weighted by Crippen LogP contribution is 2.36. The number of amides is 2. The lowest BCUT2D eigenvalue weighted by Crippen LogP contribution is -2.33. The first-order chi connectivity index (χ1) is 11.1. The molecule has 1 N–H and O–H groups in total. The molecule has 0 fully saturated rings. The summed E-state index contributed by atoms with van der Waals surface area (Å²) < 4.78 is 0. The molecule has 5 nitrogen and oxygen atoms in total. The topological polar surface area (TPSA) is 73.2 Å². The molecule has 0 bridgehead atoms. The van der Waals surface area contributed by atoms with Gasteiger partial charge < -0.3 is 10.2 Å². The summed E-state index contributed by atoms with van der Waals surface area (Å²) in [5, 5.41) is 12.8. The maximum Gasteiger partial charge on any atom is 0.256 e. The number of hydrogen-bond donors (Lipinski definition) is 1. The van der Waals surface area contributed by atoms with Crippen LogP contribution in [-0.4, -0.2) is 23.3 Å². The molecule has 2 aromatic rings. The van der Waals surface area contributed by atoms with Crippen LogP contribution in [0, 0.1) is 11.3 Å². The zero-order valence-corrected chi connectivity index (χ0v) is 13.4. The van der Waals surface area contributed by atoms with Gasteiger partial charge in [0.1, 0.15) is 11.1 Å². The van der Waals surface area contributed by atoms with Crippen LogP contribution in [0.25, 0.3) is 0 Å². The lowest BCUT2D eigenvalue weighted by atomic mass is 10.0. The fraction of sp³-hybridized carbons (Fsp3) is 0.235. The first kappa shape index (κ1) is 15.3. The number of rotatable bonds is 2. The van der Waals surface area contributed by atoms with Crippen molar-refractivity contribution >= 4 is 28.2 Å². The fourth-order valence-corrected chi connectivity index (χ4v) is 3.85. The van der Waals surface area contributed by atoms with E-state index >= 15 is 0 Å². The van der Waals surface area contributed by atoms with Gasteiger partial charge in [-0.1, -0.05) is 18.2 Å². The Morgan fingerprint density at radius 1 is 1.30 bits per heavy atom. The Kier molecular flexibility index (Phi) is 4.13. The molecule has 1 aliphatic heterocycles. The summed E-state index contributed by atoms with van der Waals surface area (Å²) in [5.74, 6) is -0.207. The van der Waals surface area contributed by atoms with Gasteiger partial charge in [-0.3, -0.25) is 9.59 Å². The number of carbonyl (C=O) groups is 2. The van der Waals surface area contributed by atoms with Crippen molar-refractivity contribution in [1.82, 2.24) is 4.90 Å². The summed E-state index contributed by atoms with van der Waals surface area (Å²) in [6.45, 7) is 2.66. The van der Waals surface area contributed by atoms with Gasteiger partial charge in [0.05, 0.1) is 12.1 Å². The van der Waals surface area contributed by atoms with Gasteiger partial charge in [0.2, 0.25) is 5.91 Å². The van der Waals surface area contributed by atoms with Gasteiger partial charge in [-0.15, -0.1) is 11.3 Å². The van der Waals surface area contributed by atoms with E-state index in [1.807, 2.05) is 6.07 Å². The Hall–Kier alpha value is -2.65. The molecule has 0 radical (unpaired) electrons. The van der Waals surface area contributed by atoms with Crippen molar-refractivity contribution in [2.24, 2.45) is 0 Å². The lowest BCUT2D eigenvalue weighted by molar-refractivity contribution is -0.129. The Labute approximate surface area is 138 Å². The molecule has 116 valence electrons. The first-order valence-electron chi connectivity index (χ1n) is 7.26. The maximum absolute atomic E-state index is 12.3. The standard InChI is InChI=1S/C17H15N3O2S/c1-11(21)20-8-7-13-14(9-18)17(23-15(13)10-20)19-16(22)12-5-3-2-4-6-12/h2-6H,7-8,10H2,1H3,(H,19,22). The normalized spacial score (nSPS) is 13.1. The molecule has 0 aliphatic carbocycles. The van der Waals surface area contributed by atoms with Crippen molar-refractivity contribution in [2.75, 3.05) is 11.9 Å². The van der Waals surface area contributed by atoms with E-state index < -0.39 is 0 Å². The number of hydrogen-bond acceptors (Lipinski definition) is 4. The van der Waals surface area contributed by atoms with Crippen LogP contribution >= 0.6 is 11.3 Å². The summed E-state index contributed by atoms with van der Waals surface area (Å²) in [7, 11) is 0. The molecular formula is C17H15N3O2S. The van der Waals surface area contributed by atoms with Gasteiger partial charge in [-0.2, -0.15) is 5.26 Å². The van der Waals surface area contributed by atoms with E-state index in [4.69, 9.17) is 0 Å². The van der Waals surface area contributed by atoms with Gasteiger partial charge in [-0.25, -0.2) is 0 Å². The number of nitriles is 1. The number of nitrogens with zero attached hydrogens (tertiary/aromatic N) is 2. The van der Waals surface area contributed by atoms with Crippen molar-refractivity contribution in [3.8, 4) is 6.07 Å². The average molecular weight is 325 g/mol. The third-order valence-electron chi connectivity index (χ3n) is 3.88. The molecule has 2 heterocycles. The minimum atomic E-state index is -0.232. The quantitative estimate of drug-likeness (QED) is 0.922. The van der Waals surface area contributed by atoms with E-state index in [9.17, 15) is 14.9 Å². The average Bonchev–Trinajstić information content (AvgIpc) is 2.91. The number of benzene rings is 1. The van der Waals surface area contributed by atoms with E-state index in [1.54, 1.807) is 36.1 Å². The molecule has 23 heavy (non-hydrogen) atoms. The van der Waals surface area contributed by atoms with Crippen LogP contribution in [0.5, 0.6) is 0 Å². The molecule has 0 saturated carbocycles. The largest absolute Gasteiger partial charge is 0.337 e. The molecular weight excluding hydrogens is 310 g/mol. The number of anilines is 1. The number of nitrogens with one attached hydrogen (secondary N) is 1. The van der Waals surface area contributed by atoms with Crippen LogP contribution < -0.4 is 5.32 Å². The molecule has 1 aromatic heterocycles. The van der Waals surface area contributed by atoms with Crippen molar-refractivity contribution in [1.29, 1.82) is 5.26 Å². The molecule has 0 unspecified atom stereocenters. The highest BCUT2D eigenvalue weighted by Gasteiger charge is 2.26. The third kappa shape index (κ3) is 2.96. The molecule has 0 atom stereocenters. The minimum absolute atomic E-state index is 0.0254. The van der Waals surface area contributed by atoms with Crippen molar-refractivity contribution in [3.63, 3.8) is 0 Å². The van der Waals surface area contributed by atoms with E-state index in [1.165, 1.54) is 11.3 Å². The summed E-state index contributed by atoms with van der Waals surface area (Å²) in [6, 6.07) is 11.1. The molecule has 1 aromatic carbocycles. The molecule has 2 amide bonds. The van der Waals surface area contributed by atoms with Crippen LogP contribution in [0.3, 0.4) is 0 Å². The predicted molar refractivity (Wildman–Crippen MR) is 88.2 cm³/mol.